The van der Waals surface area contributed by atoms with Crippen molar-refractivity contribution in [1.82, 2.24) is 5.32 Å². The van der Waals surface area contributed by atoms with Crippen molar-refractivity contribution in [2.75, 3.05) is 13.2 Å². The van der Waals surface area contributed by atoms with Crippen LogP contribution in [0.4, 0.5) is 0 Å². The summed E-state index contributed by atoms with van der Waals surface area (Å²) < 4.78 is 38.5. The standard InChI is InChI=1S/C28H55NO7Si2/c1-25(2,3)37(11,12)35-22(20-16-31-27(7,8)33-20)18-15-19(29-24(18)30)23(21-17-32-28(9,10)34-21)36-38(13,14)26(4,5)6/h18-23H,15-17H2,1-14H3,(H,29,30)/t18-,19+,20+,21+,22-,23-/m0/s1. The molecule has 38 heavy (non-hydrogen) atoms. The molecular formula is C28H55NO7Si2. The first-order valence-corrected chi connectivity index (χ1v) is 20.1. The molecule has 0 aliphatic carbocycles. The number of hydrogen-bond acceptors (Lipinski definition) is 7. The number of ether oxygens (including phenoxy) is 4. The highest BCUT2D eigenvalue weighted by atomic mass is 28.4. The molecule has 3 aliphatic heterocycles. The Hall–Kier alpha value is -0.336. The lowest BCUT2D eigenvalue weighted by Crippen LogP contribution is -2.54. The maximum atomic E-state index is 13.7. The van der Waals surface area contributed by atoms with Gasteiger partial charge in [-0.2, -0.15) is 0 Å². The van der Waals surface area contributed by atoms with Crippen LogP contribution in [0.2, 0.25) is 36.3 Å². The van der Waals surface area contributed by atoms with Crippen LogP contribution >= 0.6 is 0 Å². The molecule has 0 radical (unpaired) electrons. The lowest BCUT2D eigenvalue weighted by Gasteiger charge is -2.43. The Morgan fingerprint density at radius 2 is 1.18 bits per heavy atom. The van der Waals surface area contributed by atoms with E-state index < -0.39 is 34.3 Å². The van der Waals surface area contributed by atoms with Gasteiger partial charge in [0.25, 0.3) is 0 Å². The van der Waals surface area contributed by atoms with Crippen LogP contribution in [0.5, 0.6) is 0 Å². The van der Waals surface area contributed by atoms with Gasteiger partial charge in [0.15, 0.2) is 28.2 Å². The summed E-state index contributed by atoms with van der Waals surface area (Å²) in [5.41, 5.74) is 0. The molecule has 3 rings (SSSR count). The minimum atomic E-state index is -2.22. The van der Waals surface area contributed by atoms with Gasteiger partial charge in [-0.05, 0) is 70.4 Å². The van der Waals surface area contributed by atoms with Crippen LogP contribution in [0, 0.1) is 5.92 Å². The first-order valence-electron chi connectivity index (χ1n) is 14.2. The number of carbonyl (C=O) groups excluding carboxylic acids is 1. The second-order valence-electron chi connectivity index (χ2n) is 15.4. The fourth-order valence-electron chi connectivity index (χ4n) is 4.85. The molecule has 1 N–H and O–H groups in total. The quantitative estimate of drug-likeness (QED) is 0.380. The smallest absolute Gasteiger partial charge is 0.226 e. The Labute approximate surface area is 233 Å². The summed E-state index contributed by atoms with van der Waals surface area (Å²) in [5.74, 6) is -1.79. The van der Waals surface area contributed by atoms with E-state index >= 15 is 0 Å². The molecule has 0 aromatic heterocycles. The third kappa shape index (κ3) is 7.10. The first-order chi connectivity index (χ1) is 16.9. The number of nitrogens with one attached hydrogen (secondary N) is 1. The van der Waals surface area contributed by atoms with Crippen molar-refractivity contribution >= 4 is 22.5 Å². The maximum Gasteiger partial charge on any atom is 0.226 e. The lowest BCUT2D eigenvalue weighted by atomic mass is 9.92. The van der Waals surface area contributed by atoms with E-state index in [0.717, 1.165) is 0 Å². The number of hydrogen-bond donors (Lipinski definition) is 1. The van der Waals surface area contributed by atoms with Crippen molar-refractivity contribution in [2.45, 2.75) is 154 Å². The molecule has 0 spiro atoms. The van der Waals surface area contributed by atoms with Crippen LogP contribution in [0.25, 0.3) is 0 Å². The summed E-state index contributed by atoms with van der Waals surface area (Å²) in [7, 11) is -4.40. The van der Waals surface area contributed by atoms with Crippen molar-refractivity contribution in [3.05, 3.63) is 0 Å². The van der Waals surface area contributed by atoms with E-state index in [1.807, 2.05) is 27.7 Å². The second kappa shape index (κ2) is 10.5. The number of amides is 1. The Morgan fingerprint density at radius 1 is 0.789 bits per heavy atom. The zero-order chi connectivity index (χ0) is 29.1. The predicted molar refractivity (Wildman–Crippen MR) is 154 cm³/mol. The Bertz CT molecular complexity index is 862. The van der Waals surface area contributed by atoms with E-state index in [1.165, 1.54) is 0 Å². The topological polar surface area (TPSA) is 84.5 Å². The monoisotopic (exact) mass is 573 g/mol. The SMILES string of the molecule is CC1(C)OC[C@H]([C@@H](O[Si](C)(C)C(C)(C)C)[C@@H]2C[C@H]([C@H](O[Si](C)(C)C(C)(C)C)[C@H]3COC(C)(C)O3)NC2=O)O1. The lowest BCUT2D eigenvalue weighted by molar-refractivity contribution is -0.156. The van der Waals surface area contributed by atoms with Crippen LogP contribution < -0.4 is 5.32 Å². The Kier molecular flexibility index (Phi) is 8.89. The molecule has 3 aliphatic rings. The van der Waals surface area contributed by atoms with Gasteiger partial charge in [-0.25, -0.2) is 0 Å². The largest absolute Gasteiger partial charge is 0.410 e. The highest BCUT2D eigenvalue weighted by Gasteiger charge is 2.54. The maximum absolute atomic E-state index is 13.7. The van der Waals surface area contributed by atoms with E-state index in [4.69, 9.17) is 27.8 Å². The van der Waals surface area contributed by atoms with Crippen LogP contribution in [0.1, 0.15) is 75.7 Å². The van der Waals surface area contributed by atoms with Crippen molar-refractivity contribution in [3.8, 4) is 0 Å². The number of rotatable bonds is 8. The van der Waals surface area contributed by atoms with E-state index in [-0.39, 0.29) is 46.3 Å². The van der Waals surface area contributed by atoms with E-state index in [2.05, 4.69) is 73.0 Å². The summed E-state index contributed by atoms with van der Waals surface area (Å²) in [5, 5.41) is 3.29. The molecule has 0 aromatic rings. The predicted octanol–water partition coefficient (Wildman–Crippen LogP) is 5.57. The minimum absolute atomic E-state index is 0.0106. The zero-order valence-electron chi connectivity index (χ0n) is 26.4. The van der Waals surface area contributed by atoms with Crippen LogP contribution in [0.3, 0.4) is 0 Å². The Morgan fingerprint density at radius 3 is 1.55 bits per heavy atom. The fourth-order valence-corrected chi connectivity index (χ4v) is 7.55. The van der Waals surface area contributed by atoms with Gasteiger partial charge in [0, 0.05) is 0 Å². The summed E-state index contributed by atoms with van der Waals surface area (Å²) in [4.78, 5) is 13.7. The third-order valence-corrected chi connectivity index (χ3v) is 18.2. The van der Waals surface area contributed by atoms with Gasteiger partial charge in [-0.15, -0.1) is 0 Å². The van der Waals surface area contributed by atoms with E-state index in [9.17, 15) is 4.79 Å². The highest BCUT2D eigenvalue weighted by molar-refractivity contribution is 6.74. The van der Waals surface area contributed by atoms with Crippen molar-refractivity contribution in [3.63, 3.8) is 0 Å². The fraction of sp³-hybridized carbons (Fsp3) is 0.964. The summed E-state index contributed by atoms with van der Waals surface area (Å²) in [6, 6.07) is -0.218. The van der Waals surface area contributed by atoms with E-state index in [1.54, 1.807) is 0 Å². The van der Waals surface area contributed by atoms with Crippen molar-refractivity contribution in [2.24, 2.45) is 5.92 Å². The molecule has 3 fully saturated rings. The molecule has 3 saturated heterocycles. The molecular weight excluding hydrogens is 518 g/mol. The van der Waals surface area contributed by atoms with Gasteiger partial charge < -0.3 is 33.1 Å². The van der Waals surface area contributed by atoms with E-state index in [0.29, 0.717) is 19.6 Å². The molecule has 6 atom stereocenters. The molecule has 3 heterocycles. The van der Waals surface area contributed by atoms with Gasteiger partial charge in [0.1, 0.15) is 12.2 Å². The molecule has 8 nitrogen and oxygen atoms in total. The van der Waals surface area contributed by atoms with Gasteiger partial charge in [-0.1, -0.05) is 41.5 Å². The summed E-state index contributed by atoms with van der Waals surface area (Å²) in [6.45, 7) is 30.8. The zero-order valence-corrected chi connectivity index (χ0v) is 28.4. The molecule has 10 heteroatoms. The third-order valence-electron chi connectivity index (χ3n) is 9.23. The van der Waals surface area contributed by atoms with Crippen molar-refractivity contribution < 1.29 is 32.6 Å². The Balaban J connectivity index is 1.92. The average Bonchev–Trinajstić information content (AvgIpc) is 3.38. The van der Waals surface area contributed by atoms with Crippen LogP contribution in [0.15, 0.2) is 0 Å². The summed E-state index contributed by atoms with van der Waals surface area (Å²) in [6.07, 6.45) is -0.741. The number of carbonyl (C=O) groups is 1. The molecule has 0 aromatic carbocycles. The van der Waals surface area contributed by atoms with Crippen molar-refractivity contribution in [1.29, 1.82) is 0 Å². The molecule has 0 saturated carbocycles. The molecule has 0 bridgehead atoms. The van der Waals surface area contributed by atoms with Crippen LogP contribution in [-0.2, 0) is 32.6 Å². The second-order valence-corrected chi connectivity index (χ2v) is 24.9. The normalized spacial score (nSPS) is 31.9. The van der Waals surface area contributed by atoms with Gasteiger partial charge in [0.2, 0.25) is 5.91 Å². The van der Waals surface area contributed by atoms with Crippen LogP contribution in [-0.4, -0.2) is 77.8 Å². The average molecular weight is 574 g/mol. The van der Waals surface area contributed by atoms with Gasteiger partial charge in [0.05, 0.1) is 37.4 Å². The molecule has 0 unspecified atom stereocenters. The molecule has 1 amide bonds. The van der Waals surface area contributed by atoms with Gasteiger partial charge >= 0.3 is 0 Å². The minimum Gasteiger partial charge on any atom is -0.410 e. The van der Waals surface area contributed by atoms with Gasteiger partial charge in [-0.3, -0.25) is 4.79 Å². The highest BCUT2D eigenvalue weighted by Crippen LogP contribution is 2.44. The molecule has 222 valence electrons. The first kappa shape index (κ1) is 32.2. The summed E-state index contributed by atoms with van der Waals surface area (Å²) >= 11 is 0.